The first-order valence-electron chi connectivity index (χ1n) is 9.30. The maximum absolute atomic E-state index is 12.7. The van der Waals surface area contributed by atoms with Crippen LogP contribution in [-0.2, 0) is 19.3 Å². The standard InChI is InChI=1S/C21H20N2O4S/c1-2-11-7-8-15-13(9-11)14(24)10-16(27-15)20(26)23-21-18(19(22)25)12-5-3-4-6-17(12)28-21/h7-10H,2-6H2,1H3,(H2,22,25)(H,23,26). The van der Waals surface area contributed by atoms with E-state index in [9.17, 15) is 14.4 Å². The van der Waals surface area contributed by atoms with Crippen molar-refractivity contribution < 1.29 is 14.0 Å². The predicted octanol–water partition coefficient (Wildman–Crippen LogP) is 3.65. The molecular weight excluding hydrogens is 376 g/mol. The van der Waals surface area contributed by atoms with E-state index in [1.54, 1.807) is 12.1 Å². The number of hydrogen-bond donors (Lipinski definition) is 2. The summed E-state index contributed by atoms with van der Waals surface area (Å²) in [5.41, 5.74) is 7.98. The minimum Gasteiger partial charge on any atom is -0.451 e. The average Bonchev–Trinajstić information content (AvgIpc) is 3.05. The molecule has 3 N–H and O–H groups in total. The number of carbonyl (C=O) groups is 2. The van der Waals surface area contributed by atoms with Gasteiger partial charge in [0, 0.05) is 10.9 Å². The highest BCUT2D eigenvalue weighted by molar-refractivity contribution is 7.17. The summed E-state index contributed by atoms with van der Waals surface area (Å²) in [6, 6.07) is 6.53. The predicted molar refractivity (Wildman–Crippen MR) is 109 cm³/mol. The van der Waals surface area contributed by atoms with Crippen molar-refractivity contribution in [3.63, 3.8) is 0 Å². The largest absolute Gasteiger partial charge is 0.451 e. The van der Waals surface area contributed by atoms with Crippen molar-refractivity contribution in [1.29, 1.82) is 0 Å². The van der Waals surface area contributed by atoms with Crippen molar-refractivity contribution >= 4 is 39.1 Å². The Kier molecular flexibility index (Phi) is 4.77. The number of primary amides is 1. The molecule has 2 amide bonds. The number of nitrogens with two attached hydrogens (primary N) is 1. The van der Waals surface area contributed by atoms with E-state index in [-0.39, 0.29) is 11.2 Å². The van der Waals surface area contributed by atoms with Crippen LogP contribution in [0.5, 0.6) is 0 Å². The second-order valence-corrected chi connectivity index (χ2v) is 8.00. The van der Waals surface area contributed by atoms with Crippen LogP contribution in [0.3, 0.4) is 0 Å². The Balaban J connectivity index is 1.70. The van der Waals surface area contributed by atoms with Crippen molar-refractivity contribution in [1.82, 2.24) is 0 Å². The normalized spacial score (nSPS) is 13.3. The van der Waals surface area contributed by atoms with Gasteiger partial charge in [0.05, 0.1) is 10.9 Å². The van der Waals surface area contributed by atoms with Gasteiger partial charge in [0.1, 0.15) is 10.6 Å². The first-order valence-corrected chi connectivity index (χ1v) is 10.1. The van der Waals surface area contributed by atoms with Crippen LogP contribution in [0.2, 0.25) is 0 Å². The second kappa shape index (κ2) is 7.24. The van der Waals surface area contributed by atoms with Crippen LogP contribution < -0.4 is 16.5 Å². The van der Waals surface area contributed by atoms with Gasteiger partial charge in [-0.05, 0) is 55.4 Å². The van der Waals surface area contributed by atoms with Gasteiger partial charge in [-0.15, -0.1) is 11.3 Å². The number of rotatable bonds is 4. The number of hydrogen-bond acceptors (Lipinski definition) is 5. The van der Waals surface area contributed by atoms with E-state index >= 15 is 0 Å². The van der Waals surface area contributed by atoms with E-state index in [2.05, 4.69) is 5.32 Å². The zero-order valence-electron chi connectivity index (χ0n) is 15.5. The first kappa shape index (κ1) is 18.4. The fraction of sp³-hybridized carbons (Fsp3) is 0.286. The fourth-order valence-electron chi connectivity index (χ4n) is 3.61. The van der Waals surface area contributed by atoms with E-state index < -0.39 is 11.8 Å². The first-order chi connectivity index (χ1) is 13.5. The van der Waals surface area contributed by atoms with Crippen LogP contribution >= 0.6 is 11.3 Å². The number of benzene rings is 1. The van der Waals surface area contributed by atoms with Crippen molar-refractivity contribution in [3.8, 4) is 0 Å². The van der Waals surface area contributed by atoms with Gasteiger partial charge in [0.25, 0.3) is 11.8 Å². The molecule has 0 aliphatic heterocycles. The molecule has 0 saturated carbocycles. The highest BCUT2D eigenvalue weighted by Gasteiger charge is 2.25. The van der Waals surface area contributed by atoms with Crippen LogP contribution in [0.1, 0.15) is 56.7 Å². The summed E-state index contributed by atoms with van der Waals surface area (Å²) in [7, 11) is 0. The summed E-state index contributed by atoms with van der Waals surface area (Å²) in [5, 5.41) is 3.60. The number of carbonyl (C=O) groups excluding carboxylic acids is 2. The second-order valence-electron chi connectivity index (χ2n) is 6.89. The molecule has 1 aliphatic rings. The fourth-order valence-corrected chi connectivity index (χ4v) is 4.90. The maximum Gasteiger partial charge on any atom is 0.292 e. The molecular formula is C21H20N2O4S. The lowest BCUT2D eigenvalue weighted by molar-refractivity contribution is 0.0997. The number of aryl methyl sites for hydroxylation is 2. The zero-order chi connectivity index (χ0) is 19.8. The molecule has 6 nitrogen and oxygen atoms in total. The number of anilines is 1. The average molecular weight is 396 g/mol. The third-order valence-corrected chi connectivity index (χ3v) is 6.28. The topological polar surface area (TPSA) is 102 Å². The molecule has 144 valence electrons. The molecule has 3 aromatic rings. The van der Waals surface area contributed by atoms with Crippen LogP contribution in [0.15, 0.2) is 33.5 Å². The lowest BCUT2D eigenvalue weighted by Crippen LogP contribution is -2.19. The van der Waals surface area contributed by atoms with Gasteiger partial charge in [-0.1, -0.05) is 13.0 Å². The highest BCUT2D eigenvalue weighted by Crippen LogP contribution is 2.38. The molecule has 0 unspecified atom stereocenters. The van der Waals surface area contributed by atoms with Crippen LogP contribution in [0.4, 0.5) is 5.00 Å². The number of fused-ring (bicyclic) bond motifs is 2. The zero-order valence-corrected chi connectivity index (χ0v) is 16.3. The molecule has 0 spiro atoms. The molecule has 0 radical (unpaired) electrons. The minimum absolute atomic E-state index is 0.0939. The summed E-state index contributed by atoms with van der Waals surface area (Å²) < 4.78 is 5.65. The molecule has 1 aromatic carbocycles. The lowest BCUT2D eigenvalue weighted by atomic mass is 9.95. The van der Waals surface area contributed by atoms with Gasteiger partial charge in [-0.2, -0.15) is 0 Å². The Bertz CT molecular complexity index is 1160. The lowest BCUT2D eigenvalue weighted by Gasteiger charge is -2.11. The van der Waals surface area contributed by atoms with Gasteiger partial charge < -0.3 is 15.5 Å². The Morgan fingerprint density at radius 1 is 1.21 bits per heavy atom. The summed E-state index contributed by atoms with van der Waals surface area (Å²) in [6.07, 6.45) is 4.51. The maximum atomic E-state index is 12.7. The smallest absolute Gasteiger partial charge is 0.292 e. The Morgan fingerprint density at radius 3 is 2.75 bits per heavy atom. The van der Waals surface area contributed by atoms with Gasteiger partial charge in [0.2, 0.25) is 0 Å². The van der Waals surface area contributed by atoms with E-state index in [0.29, 0.717) is 21.5 Å². The van der Waals surface area contributed by atoms with Crippen molar-refractivity contribution in [2.75, 3.05) is 5.32 Å². The van der Waals surface area contributed by atoms with Crippen LogP contribution in [0.25, 0.3) is 11.0 Å². The highest BCUT2D eigenvalue weighted by atomic mass is 32.1. The third kappa shape index (κ3) is 3.22. The Labute approximate surface area is 165 Å². The Hall–Kier alpha value is -2.93. The van der Waals surface area contributed by atoms with E-state index in [0.717, 1.165) is 48.1 Å². The van der Waals surface area contributed by atoms with Gasteiger partial charge in [-0.25, -0.2) is 0 Å². The molecule has 0 fully saturated rings. The molecule has 4 rings (SSSR count). The quantitative estimate of drug-likeness (QED) is 0.703. The molecule has 0 atom stereocenters. The summed E-state index contributed by atoms with van der Waals surface area (Å²) in [6.45, 7) is 2.00. The van der Waals surface area contributed by atoms with E-state index in [4.69, 9.17) is 10.2 Å². The van der Waals surface area contributed by atoms with Crippen molar-refractivity contribution in [2.24, 2.45) is 5.73 Å². The molecule has 1 aliphatic carbocycles. The van der Waals surface area contributed by atoms with Crippen molar-refractivity contribution in [2.45, 2.75) is 39.0 Å². The summed E-state index contributed by atoms with van der Waals surface area (Å²) in [5.74, 6) is -1.22. The molecule has 2 aromatic heterocycles. The third-order valence-electron chi connectivity index (χ3n) is 5.07. The SMILES string of the molecule is CCc1ccc2oc(C(=O)Nc3sc4c(c3C(N)=O)CCCC4)cc(=O)c2c1. The monoisotopic (exact) mass is 396 g/mol. The molecule has 0 bridgehead atoms. The molecule has 0 saturated heterocycles. The number of amides is 2. The van der Waals surface area contributed by atoms with Gasteiger partial charge >= 0.3 is 0 Å². The van der Waals surface area contributed by atoms with E-state index in [1.807, 2.05) is 13.0 Å². The molecule has 2 heterocycles. The van der Waals surface area contributed by atoms with Crippen LogP contribution in [-0.4, -0.2) is 11.8 Å². The van der Waals surface area contributed by atoms with Crippen molar-refractivity contribution in [3.05, 3.63) is 61.8 Å². The summed E-state index contributed by atoms with van der Waals surface area (Å²) >= 11 is 1.37. The van der Waals surface area contributed by atoms with E-state index in [1.165, 1.54) is 17.4 Å². The molecule has 7 heteroatoms. The minimum atomic E-state index is -0.570. The molecule has 28 heavy (non-hydrogen) atoms. The Morgan fingerprint density at radius 2 is 2.00 bits per heavy atom. The number of thiophene rings is 1. The number of nitrogens with one attached hydrogen (secondary N) is 1. The summed E-state index contributed by atoms with van der Waals surface area (Å²) in [4.78, 5) is 38.2. The van der Waals surface area contributed by atoms with Gasteiger partial charge in [-0.3, -0.25) is 14.4 Å². The van der Waals surface area contributed by atoms with Crippen LogP contribution in [0, 0.1) is 0 Å². The van der Waals surface area contributed by atoms with Gasteiger partial charge in [0.15, 0.2) is 11.2 Å².